The second-order valence-electron chi connectivity index (χ2n) is 7.93. The lowest BCUT2D eigenvalue weighted by Crippen LogP contribution is -2.60. The average Bonchev–Trinajstić information content (AvgIpc) is 2.83. The second-order valence-corrected chi connectivity index (χ2v) is 7.93. The molecular formula is C22H20O13. The van der Waals surface area contributed by atoms with Crippen molar-refractivity contribution in [3.05, 3.63) is 33.0 Å². The van der Waals surface area contributed by atoms with E-state index in [1.54, 1.807) is 0 Å². The summed E-state index contributed by atoms with van der Waals surface area (Å²) in [6.45, 7) is -0.685. The predicted octanol–water partition coefficient (Wildman–Crippen LogP) is -0.608. The summed E-state index contributed by atoms with van der Waals surface area (Å²) in [7, 11) is 2.49. The molecule has 3 heterocycles. The highest BCUT2D eigenvalue weighted by Crippen LogP contribution is 2.46. The van der Waals surface area contributed by atoms with Gasteiger partial charge in [-0.2, -0.15) is 0 Å². The summed E-state index contributed by atoms with van der Waals surface area (Å²) in [6, 6.07) is 2.32. The van der Waals surface area contributed by atoms with Gasteiger partial charge in [0.05, 0.1) is 31.6 Å². The second kappa shape index (κ2) is 8.25. The van der Waals surface area contributed by atoms with E-state index >= 15 is 0 Å². The van der Waals surface area contributed by atoms with Crippen molar-refractivity contribution >= 4 is 32.7 Å². The van der Waals surface area contributed by atoms with Crippen LogP contribution in [0.4, 0.5) is 0 Å². The topological polar surface area (TPSA) is 198 Å². The first-order valence-corrected chi connectivity index (χ1v) is 10.3. The first kappa shape index (κ1) is 23.1. The third-order valence-corrected chi connectivity index (χ3v) is 6.00. The molecule has 4 aromatic rings. The maximum atomic E-state index is 12.9. The number of benzene rings is 2. The van der Waals surface area contributed by atoms with Crippen LogP contribution in [0, 0.1) is 0 Å². The highest BCUT2D eigenvalue weighted by atomic mass is 16.7. The van der Waals surface area contributed by atoms with Crippen LogP contribution in [0.2, 0.25) is 0 Å². The van der Waals surface area contributed by atoms with E-state index in [9.17, 15) is 35.1 Å². The molecule has 5 rings (SSSR count). The van der Waals surface area contributed by atoms with Gasteiger partial charge in [0.1, 0.15) is 24.4 Å². The van der Waals surface area contributed by atoms with Gasteiger partial charge >= 0.3 is 11.3 Å². The number of phenolic OH excluding ortho intramolecular Hbond substituents is 1. The monoisotopic (exact) mass is 492 g/mol. The predicted molar refractivity (Wildman–Crippen MR) is 116 cm³/mol. The summed E-state index contributed by atoms with van der Waals surface area (Å²) in [5, 5.41) is 50.1. The molecule has 0 aliphatic carbocycles. The molecule has 35 heavy (non-hydrogen) atoms. The fraction of sp³-hybridized carbons (Fsp3) is 0.364. The van der Waals surface area contributed by atoms with Gasteiger partial charge in [-0.05, 0) is 12.1 Å². The molecule has 1 fully saturated rings. The van der Waals surface area contributed by atoms with Gasteiger partial charge in [0.25, 0.3) is 0 Å². The summed E-state index contributed by atoms with van der Waals surface area (Å²) in [4.78, 5) is 25.7. The van der Waals surface area contributed by atoms with Crippen LogP contribution in [0.25, 0.3) is 32.7 Å². The molecule has 2 aromatic heterocycles. The van der Waals surface area contributed by atoms with Crippen LogP contribution in [-0.4, -0.2) is 77.1 Å². The van der Waals surface area contributed by atoms with Gasteiger partial charge in [-0.1, -0.05) is 0 Å². The summed E-state index contributed by atoms with van der Waals surface area (Å²) in [6.07, 6.45) is -7.94. The fourth-order valence-electron chi connectivity index (χ4n) is 4.32. The lowest BCUT2D eigenvalue weighted by atomic mass is 9.99. The minimum atomic E-state index is -1.75. The van der Waals surface area contributed by atoms with Crippen molar-refractivity contribution in [3.8, 4) is 23.0 Å². The van der Waals surface area contributed by atoms with E-state index in [4.69, 9.17) is 27.8 Å². The smallest absolute Gasteiger partial charge is 0.344 e. The molecule has 1 saturated heterocycles. The number of methoxy groups -OCH3 is 2. The zero-order valence-corrected chi connectivity index (χ0v) is 18.3. The Bertz CT molecular complexity index is 1530. The normalized spacial score (nSPS) is 24.9. The van der Waals surface area contributed by atoms with E-state index in [-0.39, 0.29) is 50.0 Å². The van der Waals surface area contributed by atoms with Crippen molar-refractivity contribution in [2.75, 3.05) is 20.8 Å². The molecule has 0 saturated carbocycles. The van der Waals surface area contributed by atoms with E-state index in [2.05, 4.69) is 0 Å². The lowest BCUT2D eigenvalue weighted by Gasteiger charge is -2.39. The number of aromatic hydroxyl groups is 1. The Balaban J connectivity index is 1.77. The van der Waals surface area contributed by atoms with Gasteiger partial charge in [0.2, 0.25) is 17.8 Å². The Labute approximate surface area is 194 Å². The van der Waals surface area contributed by atoms with Crippen LogP contribution in [0.5, 0.6) is 23.0 Å². The Hall–Kier alpha value is -3.62. The number of rotatable bonds is 5. The lowest BCUT2D eigenvalue weighted by molar-refractivity contribution is -0.277. The van der Waals surface area contributed by atoms with E-state index in [1.165, 1.54) is 20.3 Å². The fourth-order valence-corrected chi connectivity index (χ4v) is 4.32. The molecule has 2 aromatic carbocycles. The maximum absolute atomic E-state index is 12.9. The van der Waals surface area contributed by atoms with Crippen molar-refractivity contribution < 1.29 is 53.3 Å². The number of aliphatic hydroxyl groups excluding tert-OH is 4. The van der Waals surface area contributed by atoms with Gasteiger partial charge in [-0.25, -0.2) is 9.59 Å². The van der Waals surface area contributed by atoms with Crippen LogP contribution >= 0.6 is 0 Å². The molecule has 5 atom stereocenters. The number of ether oxygens (including phenoxy) is 4. The first-order valence-electron chi connectivity index (χ1n) is 10.3. The Kier molecular flexibility index (Phi) is 5.45. The molecule has 0 spiro atoms. The van der Waals surface area contributed by atoms with Gasteiger partial charge < -0.3 is 53.3 Å². The van der Waals surface area contributed by atoms with Crippen molar-refractivity contribution in [1.82, 2.24) is 0 Å². The van der Waals surface area contributed by atoms with Gasteiger partial charge in [0, 0.05) is 10.8 Å². The number of hydrogen-bond acceptors (Lipinski definition) is 13. The van der Waals surface area contributed by atoms with Crippen LogP contribution in [0.1, 0.15) is 0 Å². The van der Waals surface area contributed by atoms with Gasteiger partial charge in [-0.3, -0.25) is 0 Å². The van der Waals surface area contributed by atoms with Crippen molar-refractivity contribution in [3.63, 3.8) is 0 Å². The Morgan fingerprint density at radius 1 is 0.857 bits per heavy atom. The molecule has 0 bridgehead atoms. The summed E-state index contributed by atoms with van der Waals surface area (Å²) < 4.78 is 32.3. The Morgan fingerprint density at radius 3 is 2.00 bits per heavy atom. The van der Waals surface area contributed by atoms with E-state index in [1.807, 2.05) is 0 Å². The maximum Gasteiger partial charge on any atom is 0.344 e. The molecule has 5 unspecified atom stereocenters. The molecule has 5 N–H and O–H groups in total. The molecular weight excluding hydrogens is 472 g/mol. The number of hydrogen-bond donors (Lipinski definition) is 5. The van der Waals surface area contributed by atoms with Crippen LogP contribution < -0.4 is 25.5 Å². The third kappa shape index (κ3) is 3.28. The summed E-state index contributed by atoms with van der Waals surface area (Å²) >= 11 is 0. The van der Waals surface area contributed by atoms with Crippen molar-refractivity contribution in [2.24, 2.45) is 0 Å². The SMILES string of the molecule is COc1c(O)cc2c(=O)oc3c(OC)c(OC4OC(CO)C(O)C(O)C4O)cc4c(=O)oc1c2c34. The molecule has 0 radical (unpaired) electrons. The van der Waals surface area contributed by atoms with Crippen molar-refractivity contribution in [2.45, 2.75) is 30.7 Å². The van der Waals surface area contributed by atoms with E-state index in [0.717, 1.165) is 6.07 Å². The van der Waals surface area contributed by atoms with Crippen molar-refractivity contribution in [1.29, 1.82) is 0 Å². The average molecular weight is 492 g/mol. The first-order chi connectivity index (χ1) is 16.7. The standard InChI is InChI=1S/C22H20O13/c1-30-16-8(24)3-6-11-12-7(21(29)34-18(11)16)4-9(17(31-2)19(12)35-20(6)28)32-22-15(27)14(26)13(25)10(5-23)33-22/h3-4,10,13-15,22-27H,5H2,1-2H3. The minimum Gasteiger partial charge on any atom is -0.504 e. The van der Waals surface area contributed by atoms with E-state index < -0.39 is 54.3 Å². The van der Waals surface area contributed by atoms with Gasteiger partial charge in [-0.15, -0.1) is 0 Å². The van der Waals surface area contributed by atoms with Crippen LogP contribution in [0.15, 0.2) is 30.6 Å². The summed E-state index contributed by atoms with van der Waals surface area (Å²) in [5.74, 6) is -0.989. The quantitative estimate of drug-likeness (QED) is 0.175. The molecule has 186 valence electrons. The molecule has 1 aliphatic heterocycles. The molecule has 13 nitrogen and oxygen atoms in total. The molecule has 1 aliphatic rings. The minimum absolute atomic E-state index is 0.0794. The van der Waals surface area contributed by atoms with E-state index in [0.29, 0.717) is 0 Å². The highest BCUT2D eigenvalue weighted by molar-refractivity contribution is 6.22. The molecule has 0 amide bonds. The zero-order chi connectivity index (χ0) is 25.2. The Morgan fingerprint density at radius 2 is 1.43 bits per heavy atom. The van der Waals surface area contributed by atoms with Gasteiger partial charge in [0.15, 0.2) is 22.7 Å². The zero-order valence-electron chi connectivity index (χ0n) is 18.3. The van der Waals surface area contributed by atoms with Crippen LogP contribution in [0.3, 0.4) is 0 Å². The molecule has 13 heteroatoms. The highest BCUT2D eigenvalue weighted by Gasteiger charge is 2.45. The van der Waals surface area contributed by atoms with Crippen LogP contribution in [-0.2, 0) is 4.74 Å². The largest absolute Gasteiger partial charge is 0.504 e. The number of phenols is 1. The summed E-state index contributed by atoms with van der Waals surface area (Å²) in [5.41, 5.74) is -2.17. The third-order valence-electron chi connectivity index (χ3n) is 6.00. The number of aliphatic hydroxyl groups is 4.